The van der Waals surface area contributed by atoms with Crippen molar-refractivity contribution in [1.29, 1.82) is 0 Å². The van der Waals surface area contributed by atoms with Crippen LogP contribution in [0.25, 0.3) is 0 Å². The van der Waals surface area contributed by atoms with Crippen LogP contribution in [0.3, 0.4) is 0 Å². The molecule has 4 heteroatoms. The molecule has 0 aliphatic carbocycles. The molecule has 2 aromatic heterocycles. The van der Waals surface area contributed by atoms with E-state index in [0.717, 1.165) is 31.2 Å². The third-order valence-corrected chi connectivity index (χ3v) is 4.04. The number of hydrogen-bond acceptors (Lipinski definition) is 4. The molecular formula is C16H24N2OS. The van der Waals surface area contributed by atoms with Crippen LogP contribution in [0.2, 0.25) is 0 Å². The third-order valence-electron chi connectivity index (χ3n) is 3.17. The van der Waals surface area contributed by atoms with Gasteiger partial charge in [0.2, 0.25) is 0 Å². The lowest BCUT2D eigenvalue weighted by Crippen LogP contribution is -2.21. The van der Waals surface area contributed by atoms with Crippen molar-refractivity contribution < 1.29 is 4.42 Å². The van der Waals surface area contributed by atoms with Crippen LogP contribution in [0.1, 0.15) is 35.8 Å². The zero-order chi connectivity index (χ0) is 14.5. The maximum Gasteiger partial charge on any atom is 0.120 e. The predicted octanol–water partition coefficient (Wildman–Crippen LogP) is 3.78. The summed E-state index contributed by atoms with van der Waals surface area (Å²) in [6.45, 7) is 9.03. The van der Waals surface area contributed by atoms with Gasteiger partial charge in [0.25, 0.3) is 0 Å². The van der Waals surface area contributed by atoms with Gasteiger partial charge in [0, 0.05) is 17.5 Å². The van der Waals surface area contributed by atoms with E-state index >= 15 is 0 Å². The molecular weight excluding hydrogens is 268 g/mol. The SMILES string of the molecule is Cc1cc(CN(C)Cc2cccs2)oc1CNC(C)C. The highest BCUT2D eigenvalue weighted by molar-refractivity contribution is 7.09. The van der Waals surface area contributed by atoms with Crippen LogP contribution >= 0.6 is 11.3 Å². The Morgan fingerprint density at radius 1 is 1.35 bits per heavy atom. The van der Waals surface area contributed by atoms with E-state index in [2.05, 4.69) is 61.6 Å². The van der Waals surface area contributed by atoms with E-state index in [-0.39, 0.29) is 0 Å². The van der Waals surface area contributed by atoms with Gasteiger partial charge in [-0.2, -0.15) is 0 Å². The van der Waals surface area contributed by atoms with Gasteiger partial charge >= 0.3 is 0 Å². The highest BCUT2D eigenvalue weighted by atomic mass is 32.1. The average molecular weight is 292 g/mol. The highest BCUT2D eigenvalue weighted by Crippen LogP contribution is 2.18. The molecule has 0 spiro atoms. The Morgan fingerprint density at radius 3 is 2.80 bits per heavy atom. The molecule has 110 valence electrons. The Morgan fingerprint density at radius 2 is 2.15 bits per heavy atom. The molecule has 0 aliphatic heterocycles. The summed E-state index contributed by atoms with van der Waals surface area (Å²) in [5.41, 5.74) is 1.23. The van der Waals surface area contributed by atoms with Crippen LogP contribution in [0.4, 0.5) is 0 Å². The Bertz CT molecular complexity index is 517. The van der Waals surface area contributed by atoms with Crippen molar-refractivity contribution >= 4 is 11.3 Å². The first-order valence-electron chi connectivity index (χ1n) is 7.07. The number of hydrogen-bond donors (Lipinski definition) is 1. The van der Waals surface area contributed by atoms with Crippen LogP contribution in [0.5, 0.6) is 0 Å². The van der Waals surface area contributed by atoms with Crippen molar-refractivity contribution in [3.63, 3.8) is 0 Å². The minimum Gasteiger partial charge on any atom is -0.463 e. The first-order valence-corrected chi connectivity index (χ1v) is 7.95. The van der Waals surface area contributed by atoms with Crippen LogP contribution in [0, 0.1) is 6.92 Å². The standard InChI is InChI=1S/C16H24N2OS/c1-12(2)17-9-16-13(3)8-14(19-16)10-18(4)11-15-6-5-7-20-15/h5-8,12,17H,9-11H2,1-4H3. The molecule has 2 aromatic rings. The number of nitrogens with one attached hydrogen (secondary N) is 1. The summed E-state index contributed by atoms with van der Waals surface area (Å²) in [6.07, 6.45) is 0. The fourth-order valence-corrected chi connectivity index (χ4v) is 2.91. The zero-order valence-electron chi connectivity index (χ0n) is 12.8. The van der Waals surface area contributed by atoms with Crippen molar-refractivity contribution in [2.75, 3.05) is 7.05 Å². The average Bonchev–Trinajstić information content (AvgIpc) is 2.97. The molecule has 20 heavy (non-hydrogen) atoms. The minimum atomic E-state index is 0.476. The second kappa shape index (κ2) is 7.07. The van der Waals surface area contributed by atoms with Gasteiger partial charge in [0.05, 0.1) is 13.1 Å². The van der Waals surface area contributed by atoms with E-state index in [0.29, 0.717) is 6.04 Å². The molecule has 0 fully saturated rings. The number of rotatable bonds is 7. The van der Waals surface area contributed by atoms with Gasteiger partial charge in [-0.1, -0.05) is 19.9 Å². The molecule has 0 atom stereocenters. The maximum absolute atomic E-state index is 5.95. The molecule has 0 unspecified atom stereocenters. The van der Waals surface area contributed by atoms with Gasteiger partial charge in [-0.15, -0.1) is 11.3 Å². The van der Waals surface area contributed by atoms with Gasteiger partial charge in [-0.05, 0) is 37.0 Å². The van der Waals surface area contributed by atoms with E-state index in [9.17, 15) is 0 Å². The van der Waals surface area contributed by atoms with Gasteiger partial charge < -0.3 is 9.73 Å². The molecule has 0 amide bonds. The van der Waals surface area contributed by atoms with Crippen molar-refractivity contribution in [3.05, 3.63) is 45.5 Å². The number of thiophene rings is 1. The summed E-state index contributed by atoms with van der Waals surface area (Å²) in [4.78, 5) is 3.67. The molecule has 1 N–H and O–H groups in total. The monoisotopic (exact) mass is 292 g/mol. The molecule has 0 saturated heterocycles. The summed E-state index contributed by atoms with van der Waals surface area (Å²) in [5, 5.41) is 5.52. The molecule has 0 saturated carbocycles. The lowest BCUT2D eigenvalue weighted by atomic mass is 10.2. The molecule has 0 bridgehead atoms. The predicted molar refractivity (Wildman–Crippen MR) is 84.9 cm³/mol. The van der Waals surface area contributed by atoms with Gasteiger partial charge in [0.15, 0.2) is 0 Å². The topological polar surface area (TPSA) is 28.4 Å². The summed E-state index contributed by atoms with van der Waals surface area (Å²) in [6, 6.07) is 6.90. The fraction of sp³-hybridized carbons (Fsp3) is 0.500. The second-order valence-electron chi connectivity index (χ2n) is 5.61. The van der Waals surface area contributed by atoms with Crippen molar-refractivity contribution in [2.24, 2.45) is 0 Å². The van der Waals surface area contributed by atoms with Crippen LogP contribution in [-0.4, -0.2) is 18.0 Å². The van der Waals surface area contributed by atoms with Gasteiger partial charge in [0.1, 0.15) is 11.5 Å². The second-order valence-corrected chi connectivity index (χ2v) is 6.64. The largest absolute Gasteiger partial charge is 0.463 e. The summed E-state index contributed by atoms with van der Waals surface area (Å²) in [5.74, 6) is 2.10. The van der Waals surface area contributed by atoms with Crippen molar-refractivity contribution in [1.82, 2.24) is 10.2 Å². The van der Waals surface area contributed by atoms with Crippen LogP contribution < -0.4 is 5.32 Å². The van der Waals surface area contributed by atoms with E-state index in [1.807, 2.05) is 0 Å². The molecule has 0 radical (unpaired) electrons. The lowest BCUT2D eigenvalue weighted by molar-refractivity contribution is 0.284. The van der Waals surface area contributed by atoms with Crippen molar-refractivity contribution in [2.45, 2.75) is 46.4 Å². The summed E-state index contributed by atoms with van der Waals surface area (Å²) < 4.78 is 5.95. The first-order chi connectivity index (χ1) is 9.54. The molecule has 2 rings (SSSR count). The van der Waals surface area contributed by atoms with Gasteiger partial charge in [-0.25, -0.2) is 0 Å². The molecule has 0 aromatic carbocycles. The van der Waals surface area contributed by atoms with E-state index < -0.39 is 0 Å². The number of nitrogens with zero attached hydrogens (tertiary/aromatic N) is 1. The van der Waals surface area contributed by atoms with E-state index in [1.54, 1.807) is 11.3 Å². The lowest BCUT2D eigenvalue weighted by Gasteiger charge is -2.13. The summed E-state index contributed by atoms with van der Waals surface area (Å²) in [7, 11) is 2.13. The smallest absolute Gasteiger partial charge is 0.120 e. The Balaban J connectivity index is 1.90. The first kappa shape index (κ1) is 15.3. The van der Waals surface area contributed by atoms with Crippen molar-refractivity contribution in [3.8, 4) is 0 Å². The summed E-state index contributed by atoms with van der Waals surface area (Å²) >= 11 is 1.80. The van der Waals surface area contributed by atoms with E-state index in [4.69, 9.17) is 4.42 Å². The highest BCUT2D eigenvalue weighted by Gasteiger charge is 2.10. The van der Waals surface area contributed by atoms with Gasteiger partial charge in [-0.3, -0.25) is 4.90 Å². The van der Waals surface area contributed by atoms with Crippen LogP contribution in [0.15, 0.2) is 28.0 Å². The molecule has 3 nitrogen and oxygen atoms in total. The quantitative estimate of drug-likeness (QED) is 0.842. The maximum atomic E-state index is 5.95. The molecule has 0 aliphatic rings. The zero-order valence-corrected chi connectivity index (χ0v) is 13.6. The Hall–Kier alpha value is -1.10. The number of aryl methyl sites for hydroxylation is 1. The third kappa shape index (κ3) is 4.47. The fourth-order valence-electron chi connectivity index (χ4n) is 2.13. The van der Waals surface area contributed by atoms with Crippen LogP contribution in [-0.2, 0) is 19.6 Å². The number of furan rings is 1. The molecule has 2 heterocycles. The Labute approximate surface area is 125 Å². The van der Waals surface area contributed by atoms with E-state index in [1.165, 1.54) is 10.4 Å². The normalized spacial score (nSPS) is 11.7. The Kier molecular flexibility index (Phi) is 5.40. The minimum absolute atomic E-state index is 0.476.